The monoisotopic (exact) mass is 252 g/mol. The van der Waals surface area contributed by atoms with Crippen LogP contribution in [0.1, 0.15) is 32.4 Å². The maximum absolute atomic E-state index is 12.9. The van der Waals surface area contributed by atoms with Gasteiger partial charge in [0.2, 0.25) is 5.91 Å². The van der Waals surface area contributed by atoms with E-state index in [0.717, 1.165) is 5.56 Å². The molecule has 0 aromatic heterocycles. The van der Waals surface area contributed by atoms with Gasteiger partial charge < -0.3 is 5.32 Å². The Morgan fingerprint density at radius 2 is 1.72 bits per heavy atom. The third-order valence-corrected chi connectivity index (χ3v) is 2.45. The van der Waals surface area contributed by atoms with Crippen molar-refractivity contribution in [1.82, 2.24) is 10.2 Å². The van der Waals surface area contributed by atoms with Gasteiger partial charge in [-0.15, -0.1) is 0 Å². The van der Waals surface area contributed by atoms with E-state index in [1.54, 1.807) is 12.1 Å². The minimum atomic E-state index is -0.412. The number of amides is 1. The lowest BCUT2D eigenvalue weighted by atomic mass is 10.0. The highest BCUT2D eigenvalue weighted by Gasteiger charge is 2.26. The predicted molar refractivity (Wildman–Crippen MR) is 70.7 cm³/mol. The predicted octanol–water partition coefficient (Wildman–Crippen LogP) is 2.34. The van der Waals surface area contributed by atoms with E-state index < -0.39 is 6.04 Å². The Bertz CT molecular complexity index is 407. The van der Waals surface area contributed by atoms with Gasteiger partial charge in [0.05, 0.1) is 0 Å². The zero-order valence-corrected chi connectivity index (χ0v) is 11.6. The lowest BCUT2D eigenvalue weighted by Crippen LogP contribution is -2.46. The Morgan fingerprint density at radius 1 is 1.22 bits per heavy atom. The summed E-state index contributed by atoms with van der Waals surface area (Å²) in [5.74, 6) is -0.383. The summed E-state index contributed by atoms with van der Waals surface area (Å²) in [6, 6.07) is 5.61. The largest absolute Gasteiger partial charge is 0.350 e. The summed E-state index contributed by atoms with van der Waals surface area (Å²) >= 11 is 0. The summed E-state index contributed by atoms with van der Waals surface area (Å²) in [4.78, 5) is 14.1. The third-order valence-electron chi connectivity index (χ3n) is 2.45. The molecule has 0 heterocycles. The fourth-order valence-electron chi connectivity index (χ4n) is 1.77. The number of nitrogens with zero attached hydrogens (tertiary/aromatic N) is 1. The van der Waals surface area contributed by atoms with Crippen molar-refractivity contribution < 1.29 is 9.18 Å². The molecule has 100 valence electrons. The first kappa shape index (κ1) is 14.6. The third kappa shape index (κ3) is 4.11. The minimum Gasteiger partial charge on any atom is -0.350 e. The summed E-state index contributed by atoms with van der Waals surface area (Å²) < 4.78 is 12.9. The molecule has 0 unspecified atom stereocenters. The molecule has 18 heavy (non-hydrogen) atoms. The van der Waals surface area contributed by atoms with E-state index >= 15 is 0 Å². The van der Waals surface area contributed by atoms with Gasteiger partial charge in [-0.2, -0.15) is 0 Å². The van der Waals surface area contributed by atoms with Gasteiger partial charge in [0, 0.05) is 5.54 Å². The van der Waals surface area contributed by atoms with Crippen molar-refractivity contribution in [3.8, 4) is 0 Å². The molecule has 0 aliphatic rings. The lowest BCUT2D eigenvalue weighted by molar-refractivity contribution is -0.127. The van der Waals surface area contributed by atoms with E-state index in [-0.39, 0.29) is 17.3 Å². The average Bonchev–Trinajstić information content (AvgIpc) is 2.18. The zero-order chi connectivity index (χ0) is 13.9. The van der Waals surface area contributed by atoms with Crippen molar-refractivity contribution in [2.45, 2.75) is 32.4 Å². The second-order valence-corrected chi connectivity index (χ2v) is 5.66. The topological polar surface area (TPSA) is 32.3 Å². The summed E-state index contributed by atoms with van der Waals surface area (Å²) in [5, 5.41) is 2.94. The van der Waals surface area contributed by atoms with Crippen molar-refractivity contribution in [3.05, 3.63) is 35.6 Å². The molecule has 0 bridgehead atoms. The van der Waals surface area contributed by atoms with Crippen LogP contribution in [-0.2, 0) is 4.79 Å². The first-order valence-electron chi connectivity index (χ1n) is 5.94. The molecule has 0 spiro atoms. The first-order valence-corrected chi connectivity index (χ1v) is 5.94. The minimum absolute atomic E-state index is 0.0842. The smallest absolute Gasteiger partial charge is 0.242 e. The van der Waals surface area contributed by atoms with Crippen LogP contribution in [0.5, 0.6) is 0 Å². The Kier molecular flexibility index (Phi) is 4.46. The van der Waals surface area contributed by atoms with Crippen LogP contribution in [0, 0.1) is 5.82 Å². The first-order chi connectivity index (χ1) is 8.20. The number of carbonyl (C=O) groups is 1. The molecule has 1 N–H and O–H groups in total. The van der Waals surface area contributed by atoms with Gasteiger partial charge in [0.15, 0.2) is 0 Å². The van der Waals surface area contributed by atoms with Gasteiger partial charge in [-0.25, -0.2) is 4.39 Å². The van der Waals surface area contributed by atoms with Gasteiger partial charge >= 0.3 is 0 Å². The Hall–Kier alpha value is -1.42. The molecule has 1 aromatic rings. The summed E-state index contributed by atoms with van der Waals surface area (Å²) in [5.41, 5.74) is 0.494. The molecule has 0 radical (unpaired) electrons. The van der Waals surface area contributed by atoms with Crippen LogP contribution in [-0.4, -0.2) is 30.4 Å². The summed E-state index contributed by atoms with van der Waals surface area (Å²) in [6.07, 6.45) is 0. The van der Waals surface area contributed by atoms with Gasteiger partial charge in [0.1, 0.15) is 11.9 Å². The molecule has 0 saturated heterocycles. The number of hydrogen-bond acceptors (Lipinski definition) is 2. The van der Waals surface area contributed by atoms with E-state index in [9.17, 15) is 9.18 Å². The molecule has 1 amide bonds. The Morgan fingerprint density at radius 3 is 2.11 bits per heavy atom. The van der Waals surface area contributed by atoms with Gasteiger partial charge in [-0.1, -0.05) is 12.1 Å². The number of likely N-dealkylation sites (N-methyl/N-ethyl adjacent to an activating group) is 1. The highest BCUT2D eigenvalue weighted by Crippen LogP contribution is 2.19. The second kappa shape index (κ2) is 5.48. The number of rotatable bonds is 3. The van der Waals surface area contributed by atoms with Crippen LogP contribution < -0.4 is 5.32 Å². The molecule has 0 fully saturated rings. The molecule has 1 rings (SSSR count). The molecular weight excluding hydrogens is 231 g/mol. The second-order valence-electron chi connectivity index (χ2n) is 5.66. The highest BCUT2D eigenvalue weighted by atomic mass is 19.1. The van der Waals surface area contributed by atoms with Crippen molar-refractivity contribution >= 4 is 5.91 Å². The van der Waals surface area contributed by atoms with Crippen LogP contribution in [0.15, 0.2) is 24.3 Å². The SMILES string of the molecule is CN(C)[C@H](C(=O)NC(C)(C)C)c1ccc(F)cc1. The van der Waals surface area contributed by atoms with Crippen LogP contribution in [0.3, 0.4) is 0 Å². The Balaban J connectivity index is 2.96. The number of nitrogens with one attached hydrogen (secondary N) is 1. The van der Waals surface area contributed by atoms with Crippen LogP contribution >= 0.6 is 0 Å². The van der Waals surface area contributed by atoms with E-state index in [1.807, 2.05) is 39.8 Å². The van der Waals surface area contributed by atoms with Gasteiger partial charge in [-0.3, -0.25) is 9.69 Å². The zero-order valence-electron chi connectivity index (χ0n) is 11.6. The van der Waals surface area contributed by atoms with Crippen molar-refractivity contribution in [2.75, 3.05) is 14.1 Å². The van der Waals surface area contributed by atoms with Crippen molar-refractivity contribution in [1.29, 1.82) is 0 Å². The van der Waals surface area contributed by atoms with Crippen LogP contribution in [0.25, 0.3) is 0 Å². The van der Waals surface area contributed by atoms with E-state index in [2.05, 4.69) is 5.32 Å². The average molecular weight is 252 g/mol. The number of benzene rings is 1. The Labute approximate surface area is 108 Å². The van der Waals surface area contributed by atoms with Crippen LogP contribution in [0.2, 0.25) is 0 Å². The molecule has 0 aliphatic carbocycles. The fourth-order valence-corrected chi connectivity index (χ4v) is 1.77. The molecule has 4 heteroatoms. The van der Waals surface area contributed by atoms with E-state index in [0.29, 0.717) is 0 Å². The molecule has 1 atom stereocenters. The normalized spacial score (nSPS) is 13.5. The molecule has 0 aliphatic heterocycles. The van der Waals surface area contributed by atoms with E-state index in [4.69, 9.17) is 0 Å². The van der Waals surface area contributed by atoms with Gasteiger partial charge in [0.25, 0.3) is 0 Å². The van der Waals surface area contributed by atoms with E-state index in [1.165, 1.54) is 12.1 Å². The van der Waals surface area contributed by atoms with Gasteiger partial charge in [-0.05, 0) is 52.6 Å². The molecule has 1 aromatic carbocycles. The van der Waals surface area contributed by atoms with Crippen LogP contribution in [0.4, 0.5) is 4.39 Å². The molecule has 3 nitrogen and oxygen atoms in total. The number of hydrogen-bond donors (Lipinski definition) is 1. The summed E-state index contributed by atoms with van der Waals surface area (Å²) in [6.45, 7) is 5.80. The maximum Gasteiger partial charge on any atom is 0.242 e. The number of halogens is 1. The summed E-state index contributed by atoms with van der Waals surface area (Å²) in [7, 11) is 3.66. The lowest BCUT2D eigenvalue weighted by Gasteiger charge is -2.28. The standard InChI is InChI=1S/C14H21FN2O/c1-14(2,3)16-13(18)12(17(4)5)10-6-8-11(15)9-7-10/h6-9,12H,1-5H3,(H,16,18)/t12-/m0/s1. The maximum atomic E-state index is 12.9. The number of carbonyl (C=O) groups excluding carboxylic acids is 1. The van der Waals surface area contributed by atoms with Crippen molar-refractivity contribution in [2.24, 2.45) is 0 Å². The quantitative estimate of drug-likeness (QED) is 0.895. The fraction of sp³-hybridized carbons (Fsp3) is 0.500. The van der Waals surface area contributed by atoms with Crippen molar-refractivity contribution in [3.63, 3.8) is 0 Å². The molecule has 0 saturated carbocycles. The highest BCUT2D eigenvalue weighted by molar-refractivity contribution is 5.83. The molecular formula is C14H21FN2O.